The number of nitrogens with one attached hydrogen (secondary N) is 2. The van der Waals surface area contributed by atoms with Crippen molar-refractivity contribution in [1.82, 2.24) is 10.6 Å². The van der Waals surface area contributed by atoms with Crippen LogP contribution in [0.25, 0.3) is 0 Å². The molecule has 2 aliphatic rings. The maximum absolute atomic E-state index is 13.2. The second-order valence-corrected chi connectivity index (χ2v) is 4.71. The van der Waals surface area contributed by atoms with E-state index in [1.54, 1.807) is 0 Å². The summed E-state index contributed by atoms with van der Waals surface area (Å²) in [5.41, 5.74) is 4.89. The van der Waals surface area contributed by atoms with Crippen LogP contribution in [0.1, 0.15) is 5.56 Å². The molecule has 4 N–H and O–H groups in total. The molecule has 1 aromatic carbocycles. The quantitative estimate of drug-likeness (QED) is 0.752. The van der Waals surface area contributed by atoms with Crippen molar-refractivity contribution < 1.29 is 18.0 Å². The predicted molar refractivity (Wildman–Crippen MR) is 73.6 cm³/mol. The van der Waals surface area contributed by atoms with Gasteiger partial charge in [-0.2, -0.15) is 13.2 Å². The van der Waals surface area contributed by atoms with Gasteiger partial charge in [0.15, 0.2) is 5.84 Å². The second kappa shape index (κ2) is 4.93. The maximum atomic E-state index is 13.2. The number of aliphatic imine (C=N–C) groups is 1. The third kappa shape index (κ3) is 2.24. The zero-order valence-corrected chi connectivity index (χ0v) is 11.2. The van der Waals surface area contributed by atoms with Crippen LogP contribution in [-0.2, 0) is 11.0 Å². The molecule has 1 amide bonds. The third-order valence-corrected chi connectivity index (χ3v) is 3.37. The number of hydrogen-bond donors (Lipinski definition) is 3. The van der Waals surface area contributed by atoms with Crippen molar-refractivity contribution in [3.8, 4) is 0 Å². The molecule has 3 rings (SSSR count). The van der Waals surface area contributed by atoms with Crippen molar-refractivity contribution in [2.75, 3.05) is 18.2 Å². The number of rotatable bonds is 2. The van der Waals surface area contributed by atoms with Gasteiger partial charge in [0.05, 0.1) is 17.9 Å². The lowest BCUT2D eigenvalue weighted by molar-refractivity contribution is -0.137. The molecule has 0 spiro atoms. The largest absolute Gasteiger partial charge is 0.418 e. The first-order chi connectivity index (χ1) is 10.4. The summed E-state index contributed by atoms with van der Waals surface area (Å²) >= 11 is 0. The van der Waals surface area contributed by atoms with Crippen LogP contribution in [-0.4, -0.2) is 25.1 Å². The van der Waals surface area contributed by atoms with Gasteiger partial charge in [-0.3, -0.25) is 4.79 Å². The SMILES string of the molecule is NC(=O)C1=C2NCN=C2N(c2ccccc2C(F)(F)F)CN1. The number of fused-ring (bicyclic) bond motifs is 1. The highest BCUT2D eigenvalue weighted by molar-refractivity contribution is 6.15. The Morgan fingerprint density at radius 3 is 2.68 bits per heavy atom. The van der Waals surface area contributed by atoms with Crippen molar-refractivity contribution in [2.45, 2.75) is 6.18 Å². The Morgan fingerprint density at radius 2 is 2.00 bits per heavy atom. The predicted octanol–water partition coefficient (Wildman–Crippen LogP) is 0.729. The molecule has 2 aliphatic heterocycles. The fraction of sp³-hybridized carbons (Fsp3) is 0.231. The molecular weight excluding hydrogens is 299 g/mol. The van der Waals surface area contributed by atoms with Gasteiger partial charge in [-0.05, 0) is 12.1 Å². The lowest BCUT2D eigenvalue weighted by atomic mass is 10.1. The highest BCUT2D eigenvalue weighted by atomic mass is 19.4. The van der Waals surface area contributed by atoms with Gasteiger partial charge in [-0.15, -0.1) is 0 Å². The number of primary amides is 1. The summed E-state index contributed by atoms with van der Waals surface area (Å²) in [6.45, 7) is 0.142. The topological polar surface area (TPSA) is 82.8 Å². The number of amidine groups is 1. The number of anilines is 1. The van der Waals surface area contributed by atoms with E-state index in [2.05, 4.69) is 15.6 Å². The summed E-state index contributed by atoms with van der Waals surface area (Å²) in [6, 6.07) is 5.20. The summed E-state index contributed by atoms with van der Waals surface area (Å²) in [7, 11) is 0. The Balaban J connectivity index is 2.08. The van der Waals surface area contributed by atoms with Gasteiger partial charge in [0, 0.05) is 0 Å². The van der Waals surface area contributed by atoms with E-state index < -0.39 is 17.6 Å². The average Bonchev–Trinajstić information content (AvgIpc) is 2.94. The minimum Gasteiger partial charge on any atom is -0.364 e. The minimum absolute atomic E-state index is 0.0324. The summed E-state index contributed by atoms with van der Waals surface area (Å²) in [4.78, 5) is 16.9. The van der Waals surface area contributed by atoms with Crippen molar-refractivity contribution in [2.24, 2.45) is 10.7 Å². The fourth-order valence-electron chi connectivity index (χ4n) is 2.45. The van der Waals surface area contributed by atoms with Crippen molar-refractivity contribution in [3.63, 3.8) is 0 Å². The molecule has 0 unspecified atom stereocenters. The number of halogens is 3. The Morgan fingerprint density at radius 1 is 1.27 bits per heavy atom. The van der Waals surface area contributed by atoms with Crippen LogP contribution in [0.2, 0.25) is 0 Å². The Kier molecular flexibility index (Phi) is 3.19. The molecule has 0 saturated heterocycles. The molecule has 2 heterocycles. The number of carbonyl (C=O) groups excluding carboxylic acids is 1. The van der Waals surface area contributed by atoms with E-state index in [9.17, 15) is 18.0 Å². The van der Waals surface area contributed by atoms with E-state index in [0.29, 0.717) is 5.70 Å². The average molecular weight is 311 g/mol. The molecular formula is C13H12F3N5O. The number of carbonyl (C=O) groups is 1. The van der Waals surface area contributed by atoms with E-state index >= 15 is 0 Å². The van der Waals surface area contributed by atoms with Crippen molar-refractivity contribution >= 4 is 17.4 Å². The molecule has 9 heteroatoms. The van der Waals surface area contributed by atoms with Gasteiger partial charge in [-0.1, -0.05) is 12.1 Å². The van der Waals surface area contributed by atoms with E-state index in [-0.39, 0.29) is 30.6 Å². The lowest BCUT2D eigenvalue weighted by Crippen LogP contribution is -2.49. The van der Waals surface area contributed by atoms with Crippen LogP contribution >= 0.6 is 0 Å². The molecule has 0 bridgehead atoms. The van der Waals surface area contributed by atoms with Gasteiger partial charge in [0.1, 0.15) is 18.1 Å². The molecule has 1 aromatic rings. The van der Waals surface area contributed by atoms with Crippen LogP contribution in [0.15, 0.2) is 40.7 Å². The van der Waals surface area contributed by atoms with Crippen LogP contribution in [0.4, 0.5) is 18.9 Å². The first kappa shape index (κ1) is 14.2. The molecule has 0 atom stereocenters. The monoisotopic (exact) mass is 311 g/mol. The molecule has 0 radical (unpaired) electrons. The van der Waals surface area contributed by atoms with Gasteiger partial charge < -0.3 is 21.3 Å². The zero-order chi connectivity index (χ0) is 15.9. The third-order valence-electron chi connectivity index (χ3n) is 3.37. The van der Waals surface area contributed by atoms with Gasteiger partial charge in [-0.25, -0.2) is 4.99 Å². The lowest BCUT2D eigenvalue weighted by Gasteiger charge is -2.32. The van der Waals surface area contributed by atoms with E-state index in [1.807, 2.05) is 0 Å². The van der Waals surface area contributed by atoms with Gasteiger partial charge in [0.2, 0.25) is 0 Å². The summed E-state index contributed by atoms with van der Waals surface area (Å²) in [5.74, 6) is -0.426. The first-order valence-corrected chi connectivity index (χ1v) is 6.40. The van der Waals surface area contributed by atoms with E-state index in [0.717, 1.165) is 6.07 Å². The number of hydrogen-bond acceptors (Lipinski definition) is 5. The standard InChI is InChI=1S/C13H12F3N5O/c14-13(15,16)7-3-1-2-4-8(7)21-6-20-9(11(17)22)10-12(21)19-5-18-10/h1-4,18,20H,5-6H2,(H2,17,22). The molecule has 0 aliphatic carbocycles. The molecule has 0 saturated carbocycles. The van der Waals surface area contributed by atoms with E-state index in [4.69, 9.17) is 5.73 Å². The Hall–Kier alpha value is -2.71. The summed E-state index contributed by atoms with van der Waals surface area (Å²) in [6.07, 6.45) is -4.49. The van der Waals surface area contributed by atoms with Gasteiger partial charge >= 0.3 is 6.18 Å². The summed E-state index contributed by atoms with van der Waals surface area (Å²) < 4.78 is 39.5. The number of benzene rings is 1. The van der Waals surface area contributed by atoms with Crippen molar-refractivity contribution in [1.29, 1.82) is 0 Å². The smallest absolute Gasteiger partial charge is 0.364 e. The van der Waals surface area contributed by atoms with Crippen LogP contribution in [0, 0.1) is 0 Å². The Labute approximate surface area is 123 Å². The van der Waals surface area contributed by atoms with Gasteiger partial charge in [0.25, 0.3) is 5.91 Å². The number of nitrogens with two attached hydrogens (primary N) is 1. The zero-order valence-electron chi connectivity index (χ0n) is 11.2. The second-order valence-electron chi connectivity index (χ2n) is 4.71. The number of amides is 1. The highest BCUT2D eigenvalue weighted by Crippen LogP contribution is 2.37. The molecule has 6 nitrogen and oxygen atoms in total. The van der Waals surface area contributed by atoms with Crippen molar-refractivity contribution in [3.05, 3.63) is 41.2 Å². The molecule has 116 valence electrons. The highest BCUT2D eigenvalue weighted by Gasteiger charge is 2.38. The van der Waals surface area contributed by atoms with Crippen LogP contribution < -0.4 is 21.3 Å². The maximum Gasteiger partial charge on any atom is 0.418 e. The normalized spacial score (nSPS) is 17.6. The fourth-order valence-corrected chi connectivity index (χ4v) is 2.45. The number of nitrogens with zero attached hydrogens (tertiary/aromatic N) is 2. The van der Waals surface area contributed by atoms with Crippen LogP contribution in [0.5, 0.6) is 0 Å². The number of para-hydroxylation sites is 1. The first-order valence-electron chi connectivity index (χ1n) is 6.40. The minimum atomic E-state index is -4.49. The number of alkyl halides is 3. The molecule has 0 aromatic heterocycles. The van der Waals surface area contributed by atoms with E-state index in [1.165, 1.54) is 23.1 Å². The molecule has 0 fully saturated rings. The summed E-state index contributed by atoms with van der Waals surface area (Å²) in [5, 5.41) is 5.58. The van der Waals surface area contributed by atoms with Crippen LogP contribution in [0.3, 0.4) is 0 Å². The molecule has 22 heavy (non-hydrogen) atoms. The Bertz CT molecular complexity index is 695.